The highest BCUT2D eigenvalue weighted by molar-refractivity contribution is 8.01. The first kappa shape index (κ1) is 17.9. The molecule has 3 rings (SSSR count). The van der Waals surface area contributed by atoms with E-state index in [1.807, 2.05) is 0 Å². The number of hydrogen-bond acceptors (Lipinski definition) is 7. The molecule has 0 spiro atoms. The molecule has 1 atom stereocenters. The summed E-state index contributed by atoms with van der Waals surface area (Å²) in [7, 11) is 0. The second kappa shape index (κ2) is 9.58. The number of carbonyl (C=O) groups is 1. The highest BCUT2D eigenvalue weighted by Crippen LogP contribution is 2.26. The van der Waals surface area contributed by atoms with Crippen LogP contribution in [0.5, 0.6) is 0 Å². The first-order valence-corrected chi connectivity index (χ1v) is 10.7. The maximum absolute atomic E-state index is 12.1. The van der Waals surface area contributed by atoms with Crippen molar-refractivity contribution < 1.29 is 9.53 Å². The van der Waals surface area contributed by atoms with Crippen molar-refractivity contribution in [3.05, 3.63) is 0 Å². The van der Waals surface area contributed by atoms with Crippen molar-refractivity contribution >= 4 is 34.1 Å². The number of hydrogen-bond donors (Lipinski definition) is 2. The van der Waals surface area contributed by atoms with Crippen molar-refractivity contribution in [1.82, 2.24) is 15.5 Å². The van der Waals surface area contributed by atoms with Crippen LogP contribution in [0.4, 0.5) is 5.13 Å². The quantitative estimate of drug-likeness (QED) is 0.567. The molecule has 8 heteroatoms. The lowest BCUT2D eigenvalue weighted by molar-refractivity contribution is -0.119. The van der Waals surface area contributed by atoms with Crippen LogP contribution in [0, 0.1) is 0 Å². The summed E-state index contributed by atoms with van der Waals surface area (Å²) < 4.78 is 6.41. The molecule has 1 aliphatic heterocycles. The predicted molar refractivity (Wildman–Crippen MR) is 97.7 cm³/mol. The minimum Gasteiger partial charge on any atom is -0.376 e. The molecule has 2 fully saturated rings. The minimum absolute atomic E-state index is 0.107. The second-order valence-electron chi connectivity index (χ2n) is 6.43. The molecular formula is C16H26N4O2S2. The van der Waals surface area contributed by atoms with E-state index in [0.29, 0.717) is 11.8 Å². The van der Waals surface area contributed by atoms with Gasteiger partial charge in [-0.2, -0.15) is 0 Å². The Morgan fingerprint density at radius 3 is 2.75 bits per heavy atom. The molecule has 1 aliphatic carbocycles. The number of carbonyl (C=O) groups excluding carboxylic acids is 1. The summed E-state index contributed by atoms with van der Waals surface area (Å²) in [6.07, 6.45) is 9.83. The van der Waals surface area contributed by atoms with Gasteiger partial charge in [-0.1, -0.05) is 48.8 Å². The number of nitrogens with one attached hydrogen (secondary N) is 2. The summed E-state index contributed by atoms with van der Waals surface area (Å²) in [6, 6.07) is 0.360. The van der Waals surface area contributed by atoms with E-state index in [9.17, 15) is 4.79 Å². The summed E-state index contributed by atoms with van der Waals surface area (Å²) in [4.78, 5) is 12.1. The van der Waals surface area contributed by atoms with Crippen LogP contribution >= 0.6 is 23.1 Å². The molecule has 2 N–H and O–H groups in total. The SMILES string of the molecule is O=C(CSc1nnc(NC[C@@H]2CCCO2)s1)NC1CCCCCC1. The summed E-state index contributed by atoms with van der Waals surface area (Å²) in [5.74, 6) is 0.521. The van der Waals surface area contributed by atoms with Crippen LogP contribution in [-0.4, -0.2) is 47.2 Å². The number of rotatable bonds is 7. The lowest BCUT2D eigenvalue weighted by atomic mass is 10.1. The van der Waals surface area contributed by atoms with Gasteiger partial charge in [0.1, 0.15) is 0 Å². The van der Waals surface area contributed by atoms with Crippen molar-refractivity contribution in [2.24, 2.45) is 0 Å². The van der Waals surface area contributed by atoms with Gasteiger partial charge in [0.25, 0.3) is 0 Å². The predicted octanol–water partition coefficient (Wildman–Crippen LogP) is 3.06. The van der Waals surface area contributed by atoms with Crippen molar-refractivity contribution in [2.45, 2.75) is 67.9 Å². The van der Waals surface area contributed by atoms with Crippen LogP contribution in [0.15, 0.2) is 4.34 Å². The van der Waals surface area contributed by atoms with Crippen LogP contribution < -0.4 is 10.6 Å². The topological polar surface area (TPSA) is 76.1 Å². The van der Waals surface area contributed by atoms with Gasteiger partial charge < -0.3 is 15.4 Å². The van der Waals surface area contributed by atoms with E-state index >= 15 is 0 Å². The largest absolute Gasteiger partial charge is 0.376 e. The van der Waals surface area contributed by atoms with Gasteiger partial charge >= 0.3 is 0 Å². The molecule has 0 unspecified atom stereocenters. The van der Waals surface area contributed by atoms with E-state index in [0.717, 1.165) is 48.3 Å². The Bertz CT molecular complexity index is 512. The molecular weight excluding hydrogens is 344 g/mol. The Morgan fingerprint density at radius 2 is 2.00 bits per heavy atom. The van der Waals surface area contributed by atoms with E-state index in [2.05, 4.69) is 20.8 Å². The average molecular weight is 371 g/mol. The monoisotopic (exact) mass is 370 g/mol. The number of anilines is 1. The third kappa shape index (κ3) is 5.89. The second-order valence-corrected chi connectivity index (χ2v) is 8.63. The maximum atomic E-state index is 12.1. The minimum atomic E-state index is 0.107. The van der Waals surface area contributed by atoms with Gasteiger partial charge in [0.15, 0.2) is 4.34 Å². The van der Waals surface area contributed by atoms with Crippen LogP contribution in [0.1, 0.15) is 51.4 Å². The van der Waals surface area contributed by atoms with E-state index in [-0.39, 0.29) is 12.0 Å². The fraction of sp³-hybridized carbons (Fsp3) is 0.812. The molecule has 0 radical (unpaired) electrons. The zero-order valence-corrected chi connectivity index (χ0v) is 15.6. The molecule has 24 heavy (non-hydrogen) atoms. The number of nitrogens with zero attached hydrogens (tertiary/aromatic N) is 2. The number of aromatic nitrogens is 2. The summed E-state index contributed by atoms with van der Waals surface area (Å²) in [5.41, 5.74) is 0. The zero-order valence-electron chi connectivity index (χ0n) is 14.0. The number of amides is 1. The lowest BCUT2D eigenvalue weighted by Gasteiger charge is -2.15. The summed E-state index contributed by atoms with van der Waals surface area (Å²) >= 11 is 2.96. The smallest absolute Gasteiger partial charge is 0.230 e. The van der Waals surface area contributed by atoms with Gasteiger partial charge in [0.05, 0.1) is 11.9 Å². The molecule has 6 nitrogen and oxygen atoms in total. The first-order valence-electron chi connectivity index (χ1n) is 8.91. The summed E-state index contributed by atoms with van der Waals surface area (Å²) in [5, 5.41) is 15.5. The Labute approximate surface area is 151 Å². The molecule has 2 aliphatic rings. The Hall–Kier alpha value is -0.860. The van der Waals surface area contributed by atoms with E-state index in [1.54, 1.807) is 0 Å². The third-order valence-electron chi connectivity index (χ3n) is 4.46. The van der Waals surface area contributed by atoms with Crippen LogP contribution in [0.2, 0.25) is 0 Å². The van der Waals surface area contributed by atoms with Crippen molar-refractivity contribution in [3.63, 3.8) is 0 Å². The molecule has 134 valence electrons. The van der Waals surface area contributed by atoms with Crippen molar-refractivity contribution in [3.8, 4) is 0 Å². The molecule has 1 aromatic rings. The molecule has 1 saturated heterocycles. The molecule has 1 aromatic heterocycles. The zero-order chi connectivity index (χ0) is 16.6. The molecule has 1 saturated carbocycles. The molecule has 2 heterocycles. The Balaban J connectivity index is 1.35. The molecule has 0 aromatic carbocycles. The number of thioether (sulfide) groups is 1. The van der Waals surface area contributed by atoms with Gasteiger partial charge in [-0.25, -0.2) is 0 Å². The maximum Gasteiger partial charge on any atom is 0.230 e. The van der Waals surface area contributed by atoms with Crippen LogP contribution in [0.3, 0.4) is 0 Å². The standard InChI is InChI=1S/C16H26N4O2S2/c21-14(18-12-6-3-1-2-4-7-12)11-23-16-20-19-15(24-16)17-10-13-8-5-9-22-13/h12-13H,1-11H2,(H,17,19)(H,18,21)/t13-/m0/s1. The fourth-order valence-corrected chi connectivity index (χ4v) is 4.74. The van der Waals surface area contributed by atoms with Gasteiger partial charge in [0.2, 0.25) is 11.0 Å². The van der Waals surface area contributed by atoms with Crippen LogP contribution in [-0.2, 0) is 9.53 Å². The highest BCUT2D eigenvalue weighted by Gasteiger charge is 2.17. The Kier molecular flexibility index (Phi) is 7.16. The van der Waals surface area contributed by atoms with Crippen molar-refractivity contribution in [1.29, 1.82) is 0 Å². The third-order valence-corrected chi connectivity index (χ3v) is 6.47. The normalized spacial score (nSPS) is 22.2. The molecule has 0 bridgehead atoms. The van der Waals surface area contributed by atoms with E-state index < -0.39 is 0 Å². The molecule has 1 amide bonds. The van der Waals surface area contributed by atoms with Crippen LogP contribution in [0.25, 0.3) is 0 Å². The lowest BCUT2D eigenvalue weighted by Crippen LogP contribution is -2.35. The highest BCUT2D eigenvalue weighted by atomic mass is 32.2. The number of ether oxygens (including phenoxy) is 1. The average Bonchev–Trinajstić information content (AvgIpc) is 3.19. The van der Waals surface area contributed by atoms with Crippen molar-refractivity contribution in [2.75, 3.05) is 24.2 Å². The van der Waals surface area contributed by atoms with Gasteiger partial charge in [-0.3, -0.25) is 4.79 Å². The van der Waals surface area contributed by atoms with Gasteiger partial charge in [-0.05, 0) is 25.7 Å². The fourth-order valence-electron chi connectivity index (χ4n) is 3.17. The summed E-state index contributed by atoms with van der Waals surface area (Å²) in [6.45, 7) is 1.64. The van der Waals surface area contributed by atoms with E-state index in [1.165, 1.54) is 48.8 Å². The van der Waals surface area contributed by atoms with Gasteiger partial charge in [-0.15, -0.1) is 10.2 Å². The first-order chi connectivity index (χ1) is 11.8. The Morgan fingerprint density at radius 1 is 1.17 bits per heavy atom. The van der Waals surface area contributed by atoms with E-state index in [4.69, 9.17) is 4.74 Å². The van der Waals surface area contributed by atoms with Gasteiger partial charge in [0, 0.05) is 19.2 Å².